The average molecular weight is 381 g/mol. The summed E-state index contributed by atoms with van der Waals surface area (Å²) in [5.74, 6) is 0.285. The number of para-hydroxylation sites is 1. The summed E-state index contributed by atoms with van der Waals surface area (Å²) in [6.45, 7) is 5.95. The normalized spacial score (nSPS) is 14.5. The monoisotopic (exact) mass is 381 g/mol. The molecule has 6 nitrogen and oxygen atoms in total. The fraction of sp³-hybridized carbons (Fsp3) is 0.364. The number of benzene rings is 2. The number of hydrogen-bond donors (Lipinski definition) is 1. The van der Waals surface area contributed by atoms with Crippen LogP contribution in [0.4, 0.5) is 0 Å². The number of nitrogens with zero attached hydrogens (tertiary/aromatic N) is 2. The number of aryl methyl sites for hydroxylation is 1. The molecule has 0 radical (unpaired) electrons. The van der Waals surface area contributed by atoms with Crippen molar-refractivity contribution in [3.8, 4) is 5.75 Å². The standard InChI is InChI=1S/C22H27N3O3/c1-18-6-5-7-19(14-18)16-24-10-12-25(13-11-24)22(27)15-23-21(26)17-28-20-8-3-2-4-9-20/h2-9,14H,10-13,15-17H2,1H3,(H,23,26). The maximum Gasteiger partial charge on any atom is 0.258 e. The quantitative estimate of drug-likeness (QED) is 0.795. The molecular formula is C22H27N3O3. The lowest BCUT2D eigenvalue weighted by Gasteiger charge is -2.34. The van der Waals surface area contributed by atoms with Gasteiger partial charge < -0.3 is 15.0 Å². The van der Waals surface area contributed by atoms with Crippen molar-refractivity contribution in [1.82, 2.24) is 15.1 Å². The number of piperazine rings is 1. The van der Waals surface area contributed by atoms with E-state index >= 15 is 0 Å². The second kappa shape index (κ2) is 9.90. The molecular weight excluding hydrogens is 354 g/mol. The van der Waals surface area contributed by atoms with Gasteiger partial charge in [0.1, 0.15) is 5.75 Å². The maximum atomic E-state index is 12.3. The van der Waals surface area contributed by atoms with Gasteiger partial charge in [0.2, 0.25) is 5.91 Å². The molecule has 1 aliphatic heterocycles. The zero-order valence-corrected chi connectivity index (χ0v) is 16.3. The minimum atomic E-state index is -0.296. The van der Waals surface area contributed by atoms with E-state index in [4.69, 9.17) is 4.74 Å². The molecule has 2 amide bonds. The van der Waals surface area contributed by atoms with Crippen LogP contribution in [0.5, 0.6) is 5.75 Å². The van der Waals surface area contributed by atoms with Gasteiger partial charge in [0.05, 0.1) is 6.54 Å². The number of carbonyl (C=O) groups excluding carboxylic acids is 2. The second-order valence-electron chi connectivity index (χ2n) is 7.02. The van der Waals surface area contributed by atoms with Crippen LogP contribution in [0.15, 0.2) is 54.6 Å². The molecule has 2 aromatic carbocycles. The van der Waals surface area contributed by atoms with Gasteiger partial charge in [-0.2, -0.15) is 0 Å². The van der Waals surface area contributed by atoms with Crippen molar-refractivity contribution in [3.63, 3.8) is 0 Å². The molecule has 1 aliphatic rings. The smallest absolute Gasteiger partial charge is 0.258 e. The Morgan fingerprint density at radius 2 is 1.75 bits per heavy atom. The molecule has 0 spiro atoms. The van der Waals surface area contributed by atoms with E-state index in [2.05, 4.69) is 41.4 Å². The largest absolute Gasteiger partial charge is 0.484 e. The van der Waals surface area contributed by atoms with Crippen LogP contribution in [0.1, 0.15) is 11.1 Å². The molecule has 148 valence electrons. The minimum Gasteiger partial charge on any atom is -0.484 e. The van der Waals surface area contributed by atoms with Crippen LogP contribution < -0.4 is 10.1 Å². The van der Waals surface area contributed by atoms with Gasteiger partial charge in [-0.05, 0) is 24.6 Å². The van der Waals surface area contributed by atoms with Crippen molar-refractivity contribution in [2.75, 3.05) is 39.3 Å². The van der Waals surface area contributed by atoms with Crippen molar-refractivity contribution in [2.24, 2.45) is 0 Å². The molecule has 0 bridgehead atoms. The highest BCUT2D eigenvalue weighted by molar-refractivity contribution is 5.85. The van der Waals surface area contributed by atoms with E-state index in [9.17, 15) is 9.59 Å². The zero-order chi connectivity index (χ0) is 19.8. The Morgan fingerprint density at radius 3 is 2.46 bits per heavy atom. The van der Waals surface area contributed by atoms with Crippen molar-refractivity contribution < 1.29 is 14.3 Å². The van der Waals surface area contributed by atoms with Crippen LogP contribution in [0.3, 0.4) is 0 Å². The summed E-state index contributed by atoms with van der Waals surface area (Å²) in [7, 11) is 0. The van der Waals surface area contributed by atoms with Crippen LogP contribution in [0.25, 0.3) is 0 Å². The summed E-state index contributed by atoms with van der Waals surface area (Å²) in [6.07, 6.45) is 0. The molecule has 1 saturated heterocycles. The molecule has 6 heteroatoms. The van der Waals surface area contributed by atoms with Crippen LogP contribution in [-0.4, -0.2) is 60.9 Å². The van der Waals surface area contributed by atoms with Gasteiger partial charge >= 0.3 is 0 Å². The Balaban J connectivity index is 1.35. The van der Waals surface area contributed by atoms with Crippen molar-refractivity contribution >= 4 is 11.8 Å². The first kappa shape index (κ1) is 19.9. The Hall–Kier alpha value is -2.86. The summed E-state index contributed by atoms with van der Waals surface area (Å²) in [5, 5.41) is 2.64. The first-order valence-electron chi connectivity index (χ1n) is 9.60. The lowest BCUT2D eigenvalue weighted by atomic mass is 10.1. The number of carbonyl (C=O) groups is 2. The lowest BCUT2D eigenvalue weighted by Crippen LogP contribution is -2.51. The van der Waals surface area contributed by atoms with Crippen LogP contribution in [-0.2, 0) is 16.1 Å². The summed E-state index contributed by atoms with van der Waals surface area (Å²) in [4.78, 5) is 28.4. The van der Waals surface area contributed by atoms with Crippen LogP contribution >= 0.6 is 0 Å². The topological polar surface area (TPSA) is 61.9 Å². The fourth-order valence-electron chi connectivity index (χ4n) is 3.23. The van der Waals surface area contributed by atoms with E-state index < -0.39 is 0 Å². The van der Waals surface area contributed by atoms with E-state index in [1.165, 1.54) is 11.1 Å². The summed E-state index contributed by atoms with van der Waals surface area (Å²) < 4.78 is 5.38. The van der Waals surface area contributed by atoms with E-state index in [0.29, 0.717) is 18.8 Å². The number of rotatable bonds is 7. The SMILES string of the molecule is Cc1cccc(CN2CCN(C(=O)CNC(=O)COc3ccccc3)CC2)c1. The average Bonchev–Trinajstić information content (AvgIpc) is 2.72. The van der Waals surface area contributed by atoms with Gasteiger partial charge in [0.25, 0.3) is 5.91 Å². The maximum absolute atomic E-state index is 12.3. The number of ether oxygens (including phenoxy) is 1. The highest BCUT2D eigenvalue weighted by Gasteiger charge is 2.21. The molecule has 1 fully saturated rings. The molecule has 2 aromatic rings. The van der Waals surface area contributed by atoms with Crippen molar-refractivity contribution in [1.29, 1.82) is 0 Å². The second-order valence-corrected chi connectivity index (χ2v) is 7.02. The molecule has 0 aromatic heterocycles. The van der Waals surface area contributed by atoms with Gasteiger partial charge in [-0.1, -0.05) is 48.0 Å². The lowest BCUT2D eigenvalue weighted by molar-refractivity contribution is -0.134. The number of nitrogens with one attached hydrogen (secondary N) is 1. The molecule has 28 heavy (non-hydrogen) atoms. The van der Waals surface area contributed by atoms with E-state index in [0.717, 1.165) is 19.6 Å². The molecule has 1 N–H and O–H groups in total. The molecule has 0 aliphatic carbocycles. The highest BCUT2D eigenvalue weighted by Crippen LogP contribution is 2.10. The van der Waals surface area contributed by atoms with Gasteiger partial charge in [-0.3, -0.25) is 14.5 Å². The summed E-state index contributed by atoms with van der Waals surface area (Å²) in [6, 6.07) is 17.6. The highest BCUT2D eigenvalue weighted by atomic mass is 16.5. The zero-order valence-electron chi connectivity index (χ0n) is 16.3. The van der Waals surface area contributed by atoms with Crippen molar-refractivity contribution in [2.45, 2.75) is 13.5 Å². The summed E-state index contributed by atoms with van der Waals surface area (Å²) in [5.41, 5.74) is 2.56. The number of hydrogen-bond acceptors (Lipinski definition) is 4. The Labute approximate surface area is 166 Å². The third kappa shape index (κ3) is 6.09. The predicted molar refractivity (Wildman–Crippen MR) is 108 cm³/mol. The van der Waals surface area contributed by atoms with Gasteiger partial charge in [0, 0.05) is 32.7 Å². The predicted octanol–water partition coefficient (Wildman–Crippen LogP) is 1.83. The van der Waals surface area contributed by atoms with Gasteiger partial charge in [0.15, 0.2) is 6.61 Å². The first-order chi connectivity index (χ1) is 13.6. The van der Waals surface area contributed by atoms with Crippen molar-refractivity contribution in [3.05, 3.63) is 65.7 Å². The van der Waals surface area contributed by atoms with E-state index in [1.807, 2.05) is 23.1 Å². The number of amides is 2. The van der Waals surface area contributed by atoms with Crippen LogP contribution in [0, 0.1) is 6.92 Å². The van der Waals surface area contributed by atoms with Crippen LogP contribution in [0.2, 0.25) is 0 Å². The Bertz CT molecular complexity index is 787. The fourth-order valence-corrected chi connectivity index (χ4v) is 3.23. The van der Waals surface area contributed by atoms with E-state index in [-0.39, 0.29) is 25.0 Å². The molecule has 3 rings (SSSR count). The molecule has 1 heterocycles. The molecule has 0 atom stereocenters. The van der Waals surface area contributed by atoms with Gasteiger partial charge in [-0.15, -0.1) is 0 Å². The molecule has 0 saturated carbocycles. The third-order valence-electron chi connectivity index (χ3n) is 4.76. The van der Waals surface area contributed by atoms with Gasteiger partial charge in [-0.25, -0.2) is 0 Å². The minimum absolute atomic E-state index is 0.00879. The first-order valence-corrected chi connectivity index (χ1v) is 9.60. The molecule has 0 unspecified atom stereocenters. The third-order valence-corrected chi connectivity index (χ3v) is 4.76. The van der Waals surface area contributed by atoms with E-state index in [1.54, 1.807) is 12.1 Å². The Kier molecular flexibility index (Phi) is 7.03. The Morgan fingerprint density at radius 1 is 1.00 bits per heavy atom. The summed E-state index contributed by atoms with van der Waals surface area (Å²) >= 11 is 0.